The molecule has 120 valence electrons. The molecule has 9 heteroatoms. The van der Waals surface area contributed by atoms with E-state index >= 15 is 0 Å². The summed E-state index contributed by atoms with van der Waals surface area (Å²) in [5.74, 6) is -8.14. The predicted octanol–water partition coefficient (Wildman–Crippen LogP) is 3.58. The first-order valence-electron chi connectivity index (χ1n) is 5.55. The lowest BCUT2D eigenvalue weighted by atomic mass is 10.0. The van der Waals surface area contributed by atoms with Crippen LogP contribution in [0.25, 0.3) is 11.1 Å². The molecule has 0 amide bonds. The Labute approximate surface area is 130 Å². The fraction of sp³-hybridized carbons (Fsp3) is 0.0769. The molecule has 0 unspecified atom stereocenters. The lowest BCUT2D eigenvalue weighted by Crippen LogP contribution is -2.11. The number of hydrogen-bond acceptors (Lipinski definition) is 2. The van der Waals surface area contributed by atoms with Crippen molar-refractivity contribution in [2.24, 2.45) is 0 Å². The molecule has 0 aliphatic heterocycles. The van der Waals surface area contributed by atoms with E-state index in [1.165, 1.54) is 24.3 Å². The van der Waals surface area contributed by atoms with Crippen LogP contribution in [0.2, 0.25) is 0 Å². The third-order valence-corrected chi connectivity index (χ3v) is 3.70. The zero-order valence-electron chi connectivity index (χ0n) is 11.0. The van der Waals surface area contributed by atoms with E-state index < -0.39 is 43.8 Å². The van der Waals surface area contributed by atoms with Crippen LogP contribution in [0, 0.1) is 30.2 Å². The Morgan fingerprint density at radius 3 is 1.64 bits per heavy atom. The number of halogens is 4. The molecular formula is C13H10F4O3S2. The second-order valence-electron chi connectivity index (χ2n) is 4.30. The molecule has 0 fully saturated rings. The average molecular weight is 354 g/mol. The van der Waals surface area contributed by atoms with Crippen LogP contribution in [0.5, 0.6) is 0 Å². The molecule has 22 heavy (non-hydrogen) atoms. The monoisotopic (exact) mass is 354 g/mol. The van der Waals surface area contributed by atoms with Crippen molar-refractivity contribution in [1.82, 2.24) is 0 Å². The highest BCUT2D eigenvalue weighted by atomic mass is 32.2. The van der Waals surface area contributed by atoms with Gasteiger partial charge in [0, 0.05) is 0 Å². The summed E-state index contributed by atoms with van der Waals surface area (Å²) in [4.78, 5) is -2.05. The quantitative estimate of drug-likeness (QED) is 0.510. The molecule has 3 nitrogen and oxygen atoms in total. The molecule has 0 atom stereocenters. The van der Waals surface area contributed by atoms with Crippen LogP contribution < -0.4 is 0 Å². The van der Waals surface area contributed by atoms with Gasteiger partial charge in [-0.1, -0.05) is 29.8 Å². The summed E-state index contributed by atoms with van der Waals surface area (Å²) < 4.78 is 85.3. The molecule has 0 radical (unpaired) electrons. The van der Waals surface area contributed by atoms with E-state index in [9.17, 15) is 26.0 Å². The summed E-state index contributed by atoms with van der Waals surface area (Å²) in [6.07, 6.45) is 0. The number of rotatable bonds is 2. The third-order valence-electron chi connectivity index (χ3n) is 2.82. The van der Waals surface area contributed by atoms with Gasteiger partial charge in [-0.05, 0) is 12.5 Å². The van der Waals surface area contributed by atoms with Gasteiger partial charge in [0.05, 0.1) is 5.56 Å². The minimum atomic E-state index is -5.44. The first-order chi connectivity index (χ1) is 9.64. The SMILES string of the molecule is Cc1ccc(-c2c(F)c(F)c(S(=O)(=O)O)c(F)c2F)cc1.S. The lowest BCUT2D eigenvalue weighted by molar-refractivity contribution is 0.406. The largest absolute Gasteiger partial charge is 0.300 e. The van der Waals surface area contributed by atoms with Gasteiger partial charge in [0.25, 0.3) is 0 Å². The Morgan fingerprint density at radius 2 is 1.27 bits per heavy atom. The molecule has 0 saturated carbocycles. The van der Waals surface area contributed by atoms with Gasteiger partial charge >= 0.3 is 10.1 Å². The van der Waals surface area contributed by atoms with E-state index in [2.05, 4.69) is 0 Å². The summed E-state index contributed by atoms with van der Waals surface area (Å²) in [6.45, 7) is 1.69. The molecule has 0 aromatic heterocycles. The molecule has 0 heterocycles. The van der Waals surface area contributed by atoms with Crippen molar-refractivity contribution in [2.75, 3.05) is 0 Å². The van der Waals surface area contributed by atoms with Crippen molar-refractivity contribution in [3.05, 3.63) is 53.1 Å². The Bertz CT molecular complexity index is 789. The standard InChI is InChI=1S/C13H8F4O3S.H2S/c1-6-2-4-7(5-3-6)8-9(14)11(16)13(21(18,19)20)12(17)10(8)15;/h2-5H,1H3,(H,18,19,20);1H2. The predicted molar refractivity (Wildman–Crippen MR) is 76.6 cm³/mol. The summed E-state index contributed by atoms with van der Waals surface area (Å²) in [6, 6.07) is 5.37. The zero-order chi connectivity index (χ0) is 15.9. The maximum Gasteiger partial charge on any atom is 0.300 e. The number of aryl methyl sites for hydroxylation is 1. The fourth-order valence-electron chi connectivity index (χ4n) is 1.81. The Balaban J connectivity index is 0.00000242. The zero-order valence-corrected chi connectivity index (χ0v) is 12.8. The highest BCUT2D eigenvalue weighted by Gasteiger charge is 2.32. The smallest absolute Gasteiger partial charge is 0.282 e. The van der Waals surface area contributed by atoms with Crippen LogP contribution in [0.15, 0.2) is 29.2 Å². The molecule has 1 N–H and O–H groups in total. The second kappa shape index (κ2) is 6.27. The van der Waals surface area contributed by atoms with Crippen LogP contribution in [0.4, 0.5) is 17.6 Å². The van der Waals surface area contributed by atoms with Gasteiger partial charge in [0.15, 0.2) is 28.2 Å². The van der Waals surface area contributed by atoms with Crippen molar-refractivity contribution in [3.63, 3.8) is 0 Å². The molecule has 0 spiro atoms. The van der Waals surface area contributed by atoms with Crippen molar-refractivity contribution in [3.8, 4) is 11.1 Å². The molecule has 2 aromatic rings. The minimum Gasteiger partial charge on any atom is -0.282 e. The lowest BCUT2D eigenvalue weighted by Gasteiger charge is -2.10. The average Bonchev–Trinajstić information content (AvgIpc) is 2.37. The van der Waals surface area contributed by atoms with Gasteiger partial charge in [0.2, 0.25) is 0 Å². The van der Waals surface area contributed by atoms with Crippen LogP contribution in [-0.2, 0) is 10.1 Å². The van der Waals surface area contributed by atoms with E-state index in [1.54, 1.807) is 6.92 Å². The van der Waals surface area contributed by atoms with Crippen LogP contribution in [-0.4, -0.2) is 13.0 Å². The third kappa shape index (κ3) is 3.11. The maximum absolute atomic E-state index is 13.9. The summed E-state index contributed by atoms with van der Waals surface area (Å²) in [5.41, 5.74) is -0.470. The molecular weight excluding hydrogens is 344 g/mol. The van der Waals surface area contributed by atoms with Gasteiger partial charge in [0.1, 0.15) is 0 Å². The second-order valence-corrected chi connectivity index (χ2v) is 5.66. The van der Waals surface area contributed by atoms with Crippen molar-refractivity contribution in [2.45, 2.75) is 11.8 Å². The molecule has 0 bridgehead atoms. The Hall–Kier alpha value is -1.58. The van der Waals surface area contributed by atoms with Gasteiger partial charge in [-0.3, -0.25) is 4.55 Å². The topological polar surface area (TPSA) is 54.4 Å². The van der Waals surface area contributed by atoms with E-state index in [0.29, 0.717) is 0 Å². The highest BCUT2D eigenvalue weighted by Crippen LogP contribution is 2.33. The van der Waals surface area contributed by atoms with Gasteiger partial charge < -0.3 is 0 Å². The summed E-state index contributed by atoms with van der Waals surface area (Å²) in [5, 5.41) is 0. The van der Waals surface area contributed by atoms with Gasteiger partial charge in [-0.25, -0.2) is 17.6 Å². The van der Waals surface area contributed by atoms with Crippen LogP contribution >= 0.6 is 13.5 Å². The highest BCUT2D eigenvalue weighted by molar-refractivity contribution is 7.85. The number of benzene rings is 2. The summed E-state index contributed by atoms with van der Waals surface area (Å²) in [7, 11) is -5.44. The summed E-state index contributed by atoms with van der Waals surface area (Å²) >= 11 is 0. The van der Waals surface area contributed by atoms with E-state index in [0.717, 1.165) is 5.56 Å². The van der Waals surface area contributed by atoms with E-state index in [4.69, 9.17) is 4.55 Å². The fourth-order valence-corrected chi connectivity index (χ4v) is 2.44. The van der Waals surface area contributed by atoms with Crippen molar-refractivity contribution in [1.29, 1.82) is 0 Å². The van der Waals surface area contributed by atoms with E-state index in [1.807, 2.05) is 0 Å². The molecule has 2 rings (SSSR count). The van der Waals surface area contributed by atoms with E-state index in [-0.39, 0.29) is 19.1 Å². The van der Waals surface area contributed by atoms with Crippen LogP contribution in [0.1, 0.15) is 5.56 Å². The van der Waals surface area contributed by atoms with Crippen molar-refractivity contribution >= 4 is 23.6 Å². The maximum atomic E-state index is 13.9. The Morgan fingerprint density at radius 1 is 0.864 bits per heavy atom. The molecule has 2 aromatic carbocycles. The van der Waals surface area contributed by atoms with Gasteiger partial charge in [-0.2, -0.15) is 21.9 Å². The Kier molecular flexibility index (Phi) is 5.26. The minimum absolute atomic E-state index is 0. The first-order valence-corrected chi connectivity index (χ1v) is 6.99. The molecule has 0 saturated heterocycles. The van der Waals surface area contributed by atoms with Gasteiger partial charge in [-0.15, -0.1) is 0 Å². The molecule has 0 aliphatic rings. The first kappa shape index (κ1) is 18.5. The molecule has 0 aliphatic carbocycles. The normalized spacial score (nSPS) is 11.2. The van der Waals surface area contributed by atoms with Crippen LogP contribution in [0.3, 0.4) is 0 Å². The number of hydrogen-bond donors (Lipinski definition) is 1. The van der Waals surface area contributed by atoms with Crippen molar-refractivity contribution < 1.29 is 30.5 Å².